The molecule has 6 heteroatoms. The number of benzene rings is 2. The summed E-state index contributed by atoms with van der Waals surface area (Å²) in [5.74, 6) is 1.19. The first-order valence-corrected chi connectivity index (χ1v) is 10.4. The van der Waals surface area contributed by atoms with E-state index in [1.807, 2.05) is 36.1 Å². The zero-order chi connectivity index (χ0) is 20.9. The lowest BCUT2D eigenvalue weighted by Crippen LogP contribution is -2.35. The molecule has 156 valence electrons. The minimum atomic E-state index is -0.234. The molecule has 0 N–H and O–H groups in total. The fourth-order valence-electron chi connectivity index (χ4n) is 3.73. The Labute approximate surface area is 176 Å². The Morgan fingerprint density at radius 2 is 1.80 bits per heavy atom. The van der Waals surface area contributed by atoms with Crippen LogP contribution in [0.25, 0.3) is 11.3 Å². The molecular formula is C24H26FN3O2. The van der Waals surface area contributed by atoms with E-state index in [0.717, 1.165) is 43.1 Å². The highest BCUT2D eigenvalue weighted by Crippen LogP contribution is 2.22. The van der Waals surface area contributed by atoms with Crippen molar-refractivity contribution >= 4 is 11.6 Å². The molecule has 0 spiro atoms. The Balaban J connectivity index is 1.30. The Morgan fingerprint density at radius 3 is 2.57 bits per heavy atom. The van der Waals surface area contributed by atoms with Gasteiger partial charge in [0.05, 0.1) is 6.20 Å². The van der Waals surface area contributed by atoms with E-state index in [9.17, 15) is 9.18 Å². The van der Waals surface area contributed by atoms with Crippen molar-refractivity contribution in [3.8, 4) is 11.3 Å². The first-order valence-electron chi connectivity index (χ1n) is 10.4. The van der Waals surface area contributed by atoms with Crippen LogP contribution < -0.4 is 4.90 Å². The van der Waals surface area contributed by atoms with Gasteiger partial charge in [0.2, 0.25) is 5.91 Å². The van der Waals surface area contributed by atoms with Crippen molar-refractivity contribution in [2.45, 2.75) is 26.2 Å². The lowest BCUT2D eigenvalue weighted by Gasteiger charge is -2.23. The average Bonchev–Trinajstić information content (AvgIpc) is 3.09. The van der Waals surface area contributed by atoms with Gasteiger partial charge in [-0.1, -0.05) is 29.8 Å². The maximum atomic E-state index is 13.2. The van der Waals surface area contributed by atoms with Crippen molar-refractivity contribution < 1.29 is 13.6 Å². The van der Waals surface area contributed by atoms with Gasteiger partial charge in [0.1, 0.15) is 5.82 Å². The average molecular weight is 407 g/mol. The number of aromatic nitrogens is 1. The van der Waals surface area contributed by atoms with Crippen molar-refractivity contribution in [1.29, 1.82) is 0 Å². The molecule has 1 saturated heterocycles. The van der Waals surface area contributed by atoms with Crippen LogP contribution in [-0.2, 0) is 11.2 Å². The molecule has 0 bridgehead atoms. The van der Waals surface area contributed by atoms with Crippen LogP contribution >= 0.6 is 0 Å². The van der Waals surface area contributed by atoms with Crippen LogP contribution in [0.3, 0.4) is 0 Å². The minimum absolute atomic E-state index is 0.117. The summed E-state index contributed by atoms with van der Waals surface area (Å²) in [5.41, 5.74) is 3.17. The SMILES string of the molecule is Cc1ccc(-c2cnc(CCC(=O)N3CCCN(c4ccc(F)cc4)CC3)o2)cc1. The van der Waals surface area contributed by atoms with Gasteiger partial charge in [-0.25, -0.2) is 9.37 Å². The van der Waals surface area contributed by atoms with Gasteiger partial charge in [0, 0.05) is 50.3 Å². The molecule has 1 fully saturated rings. The van der Waals surface area contributed by atoms with Crippen LogP contribution in [-0.4, -0.2) is 42.0 Å². The summed E-state index contributed by atoms with van der Waals surface area (Å²) < 4.78 is 19.0. The molecule has 0 aliphatic carbocycles. The van der Waals surface area contributed by atoms with E-state index in [1.54, 1.807) is 18.3 Å². The second-order valence-corrected chi connectivity index (χ2v) is 7.68. The van der Waals surface area contributed by atoms with Crippen molar-refractivity contribution in [1.82, 2.24) is 9.88 Å². The lowest BCUT2D eigenvalue weighted by molar-refractivity contribution is -0.131. The van der Waals surface area contributed by atoms with Crippen molar-refractivity contribution in [2.24, 2.45) is 0 Å². The normalized spacial score (nSPS) is 14.6. The van der Waals surface area contributed by atoms with E-state index < -0.39 is 0 Å². The predicted molar refractivity (Wildman–Crippen MR) is 115 cm³/mol. The fourth-order valence-corrected chi connectivity index (χ4v) is 3.73. The number of aryl methyl sites for hydroxylation is 2. The van der Waals surface area contributed by atoms with Crippen molar-refractivity contribution in [3.63, 3.8) is 0 Å². The number of hydrogen-bond acceptors (Lipinski definition) is 4. The number of amides is 1. The quantitative estimate of drug-likeness (QED) is 0.627. The molecule has 2 heterocycles. The number of oxazole rings is 1. The summed E-state index contributed by atoms with van der Waals surface area (Å²) in [6, 6.07) is 14.6. The Bertz CT molecular complexity index is 982. The monoisotopic (exact) mass is 407 g/mol. The van der Waals surface area contributed by atoms with Gasteiger partial charge in [-0.2, -0.15) is 0 Å². The topological polar surface area (TPSA) is 49.6 Å². The van der Waals surface area contributed by atoms with Crippen LogP contribution in [0.1, 0.15) is 24.3 Å². The lowest BCUT2D eigenvalue weighted by atomic mass is 10.1. The van der Waals surface area contributed by atoms with Gasteiger partial charge >= 0.3 is 0 Å². The molecule has 1 amide bonds. The molecule has 0 atom stereocenters. The molecule has 5 nitrogen and oxygen atoms in total. The van der Waals surface area contributed by atoms with Gasteiger partial charge in [0.15, 0.2) is 11.7 Å². The number of hydrogen-bond donors (Lipinski definition) is 0. The third kappa shape index (κ3) is 4.87. The van der Waals surface area contributed by atoms with Gasteiger partial charge in [-0.15, -0.1) is 0 Å². The minimum Gasteiger partial charge on any atom is -0.441 e. The molecule has 1 aliphatic heterocycles. The van der Waals surface area contributed by atoms with Crippen LogP contribution in [0.5, 0.6) is 0 Å². The van der Waals surface area contributed by atoms with Crippen LogP contribution in [0.15, 0.2) is 59.1 Å². The van der Waals surface area contributed by atoms with Crippen molar-refractivity contribution in [3.05, 3.63) is 72.0 Å². The third-order valence-corrected chi connectivity index (χ3v) is 5.48. The van der Waals surface area contributed by atoms with E-state index in [-0.39, 0.29) is 11.7 Å². The van der Waals surface area contributed by atoms with E-state index in [1.165, 1.54) is 17.7 Å². The molecule has 4 rings (SSSR count). The molecule has 1 aromatic heterocycles. The summed E-state index contributed by atoms with van der Waals surface area (Å²) in [7, 11) is 0. The van der Waals surface area contributed by atoms with Gasteiger partial charge in [-0.3, -0.25) is 4.79 Å². The van der Waals surface area contributed by atoms with E-state index in [4.69, 9.17) is 4.42 Å². The second kappa shape index (κ2) is 9.11. The summed E-state index contributed by atoms with van der Waals surface area (Å²) in [6.07, 6.45) is 3.48. The molecule has 30 heavy (non-hydrogen) atoms. The first kappa shape index (κ1) is 20.1. The number of halogens is 1. The summed E-state index contributed by atoms with van der Waals surface area (Å²) >= 11 is 0. The largest absolute Gasteiger partial charge is 0.441 e. The van der Waals surface area contributed by atoms with Gasteiger partial charge in [-0.05, 0) is 37.6 Å². The molecular weight excluding hydrogens is 381 g/mol. The summed E-state index contributed by atoms with van der Waals surface area (Å²) in [4.78, 5) is 21.2. The summed E-state index contributed by atoms with van der Waals surface area (Å²) in [6.45, 7) is 5.04. The van der Waals surface area contributed by atoms with Crippen LogP contribution in [0.4, 0.5) is 10.1 Å². The fraction of sp³-hybridized carbons (Fsp3) is 0.333. The van der Waals surface area contributed by atoms with Crippen LogP contribution in [0.2, 0.25) is 0 Å². The highest BCUT2D eigenvalue weighted by Gasteiger charge is 2.20. The number of anilines is 1. The van der Waals surface area contributed by atoms with Crippen molar-refractivity contribution in [2.75, 3.05) is 31.1 Å². The smallest absolute Gasteiger partial charge is 0.223 e. The first-order chi connectivity index (χ1) is 14.6. The molecule has 2 aromatic carbocycles. The summed E-state index contributed by atoms with van der Waals surface area (Å²) in [5, 5.41) is 0. The highest BCUT2D eigenvalue weighted by molar-refractivity contribution is 5.76. The Morgan fingerprint density at radius 1 is 1.03 bits per heavy atom. The predicted octanol–water partition coefficient (Wildman–Crippen LogP) is 4.46. The van der Waals surface area contributed by atoms with E-state index in [2.05, 4.69) is 9.88 Å². The molecule has 0 unspecified atom stereocenters. The van der Waals surface area contributed by atoms with Crippen LogP contribution in [0, 0.1) is 12.7 Å². The zero-order valence-electron chi connectivity index (χ0n) is 17.2. The van der Waals surface area contributed by atoms with Gasteiger partial charge < -0.3 is 14.2 Å². The Kier molecular flexibility index (Phi) is 6.12. The number of carbonyl (C=O) groups excluding carboxylic acids is 1. The maximum Gasteiger partial charge on any atom is 0.223 e. The van der Waals surface area contributed by atoms with E-state index in [0.29, 0.717) is 25.3 Å². The molecule has 3 aromatic rings. The number of rotatable bonds is 5. The Hall–Kier alpha value is -3.15. The highest BCUT2D eigenvalue weighted by atomic mass is 19.1. The third-order valence-electron chi connectivity index (χ3n) is 5.48. The molecule has 0 saturated carbocycles. The molecule has 0 radical (unpaired) electrons. The maximum absolute atomic E-state index is 13.2. The number of carbonyl (C=O) groups is 1. The van der Waals surface area contributed by atoms with E-state index >= 15 is 0 Å². The zero-order valence-corrected chi connectivity index (χ0v) is 17.2. The second-order valence-electron chi connectivity index (χ2n) is 7.68. The standard InChI is InChI=1S/C24H26FN3O2/c1-18-3-5-19(6-4-18)22-17-26-23(30-22)11-12-24(29)28-14-2-13-27(15-16-28)21-9-7-20(25)8-10-21/h3-10,17H,2,11-16H2,1H3. The molecule has 1 aliphatic rings. The number of nitrogens with zero attached hydrogens (tertiary/aromatic N) is 3. The van der Waals surface area contributed by atoms with Gasteiger partial charge in [0.25, 0.3) is 0 Å².